The van der Waals surface area contributed by atoms with Gasteiger partial charge in [-0.15, -0.1) is 0 Å². The number of nitrogens with zero attached hydrogens (tertiary/aromatic N) is 1. The monoisotopic (exact) mass is 324 g/mol. The minimum atomic E-state index is 0.288. The van der Waals surface area contributed by atoms with Crippen LogP contribution in [0.1, 0.15) is 37.4 Å². The SMILES string of the molecule is CC(N)C1CCN(C(C)c2ccc(OCc3ccccc3)cc2)C1. The predicted molar refractivity (Wildman–Crippen MR) is 99.0 cm³/mol. The van der Waals surface area contributed by atoms with Crippen LogP contribution in [0.4, 0.5) is 0 Å². The second-order valence-electron chi connectivity index (χ2n) is 6.92. The van der Waals surface area contributed by atoms with E-state index >= 15 is 0 Å². The van der Waals surface area contributed by atoms with E-state index < -0.39 is 0 Å². The van der Waals surface area contributed by atoms with E-state index in [1.165, 1.54) is 17.5 Å². The predicted octanol–water partition coefficient (Wildman–Crippen LogP) is 4.00. The second-order valence-corrected chi connectivity index (χ2v) is 6.92. The van der Waals surface area contributed by atoms with Crippen molar-refractivity contribution in [2.45, 2.75) is 39.0 Å². The number of hydrogen-bond acceptors (Lipinski definition) is 3. The molecule has 0 aliphatic carbocycles. The molecule has 1 fully saturated rings. The summed E-state index contributed by atoms with van der Waals surface area (Å²) in [5.41, 5.74) is 8.59. The van der Waals surface area contributed by atoms with Gasteiger partial charge in [-0.1, -0.05) is 42.5 Å². The van der Waals surface area contributed by atoms with Crippen molar-refractivity contribution in [3.63, 3.8) is 0 Å². The molecule has 24 heavy (non-hydrogen) atoms. The van der Waals surface area contributed by atoms with Gasteiger partial charge in [-0.3, -0.25) is 4.90 Å². The van der Waals surface area contributed by atoms with Crippen molar-refractivity contribution >= 4 is 0 Å². The zero-order valence-corrected chi connectivity index (χ0v) is 14.7. The van der Waals surface area contributed by atoms with Crippen LogP contribution in [-0.4, -0.2) is 24.0 Å². The van der Waals surface area contributed by atoms with E-state index in [4.69, 9.17) is 10.5 Å². The lowest BCUT2D eigenvalue weighted by atomic mass is 10.0. The summed E-state index contributed by atoms with van der Waals surface area (Å²) in [4.78, 5) is 2.54. The van der Waals surface area contributed by atoms with Crippen LogP contribution in [-0.2, 0) is 6.61 Å². The van der Waals surface area contributed by atoms with E-state index in [1.807, 2.05) is 18.2 Å². The molecule has 1 aliphatic heterocycles. The highest BCUT2D eigenvalue weighted by Crippen LogP contribution is 2.29. The molecule has 3 unspecified atom stereocenters. The van der Waals surface area contributed by atoms with Crippen molar-refractivity contribution in [1.82, 2.24) is 4.90 Å². The standard InChI is InChI=1S/C21H28N2O/c1-16(22)20-12-13-23(14-20)17(2)19-8-10-21(11-9-19)24-15-18-6-4-3-5-7-18/h3-11,16-17,20H,12-15,22H2,1-2H3. The zero-order valence-electron chi connectivity index (χ0n) is 14.7. The first-order chi connectivity index (χ1) is 11.6. The van der Waals surface area contributed by atoms with Crippen LogP contribution in [0.2, 0.25) is 0 Å². The van der Waals surface area contributed by atoms with Gasteiger partial charge >= 0.3 is 0 Å². The van der Waals surface area contributed by atoms with Crippen LogP contribution in [0.15, 0.2) is 54.6 Å². The van der Waals surface area contributed by atoms with E-state index in [9.17, 15) is 0 Å². The normalized spacial score (nSPS) is 20.7. The van der Waals surface area contributed by atoms with E-state index in [2.05, 4.69) is 55.1 Å². The maximum Gasteiger partial charge on any atom is 0.119 e. The second kappa shape index (κ2) is 7.82. The Morgan fingerprint density at radius 2 is 1.79 bits per heavy atom. The summed E-state index contributed by atoms with van der Waals surface area (Å²) in [6.07, 6.45) is 1.21. The third-order valence-electron chi connectivity index (χ3n) is 5.16. The fourth-order valence-electron chi connectivity index (χ4n) is 3.39. The summed E-state index contributed by atoms with van der Waals surface area (Å²) in [5, 5.41) is 0. The molecule has 0 saturated carbocycles. The molecule has 3 atom stereocenters. The molecule has 2 aromatic rings. The van der Waals surface area contributed by atoms with Crippen molar-refractivity contribution in [2.75, 3.05) is 13.1 Å². The van der Waals surface area contributed by atoms with Crippen LogP contribution in [0, 0.1) is 5.92 Å². The van der Waals surface area contributed by atoms with Crippen molar-refractivity contribution in [2.24, 2.45) is 11.7 Å². The molecule has 0 bridgehead atoms. The zero-order chi connectivity index (χ0) is 16.9. The Kier molecular flexibility index (Phi) is 5.54. The molecule has 0 spiro atoms. The van der Waals surface area contributed by atoms with Crippen LogP contribution >= 0.6 is 0 Å². The van der Waals surface area contributed by atoms with Gasteiger partial charge in [-0.05, 0) is 56.0 Å². The van der Waals surface area contributed by atoms with Crippen molar-refractivity contribution < 1.29 is 4.74 Å². The Morgan fingerprint density at radius 3 is 2.42 bits per heavy atom. The molecule has 0 aromatic heterocycles. The fourth-order valence-corrected chi connectivity index (χ4v) is 3.39. The summed E-state index contributed by atoms with van der Waals surface area (Å²) < 4.78 is 5.87. The highest BCUT2D eigenvalue weighted by Gasteiger charge is 2.28. The molecule has 128 valence electrons. The molecule has 3 rings (SSSR count). The number of hydrogen-bond donors (Lipinski definition) is 1. The van der Waals surface area contributed by atoms with Gasteiger partial charge < -0.3 is 10.5 Å². The Labute approximate surface area is 145 Å². The minimum absolute atomic E-state index is 0.288. The lowest BCUT2D eigenvalue weighted by molar-refractivity contribution is 0.248. The first-order valence-corrected chi connectivity index (χ1v) is 8.90. The van der Waals surface area contributed by atoms with E-state index in [-0.39, 0.29) is 6.04 Å². The minimum Gasteiger partial charge on any atom is -0.489 e. The molecular weight excluding hydrogens is 296 g/mol. The van der Waals surface area contributed by atoms with Crippen molar-refractivity contribution in [3.05, 3.63) is 65.7 Å². The highest BCUT2D eigenvalue weighted by atomic mass is 16.5. The van der Waals surface area contributed by atoms with E-state index in [0.717, 1.165) is 18.8 Å². The van der Waals surface area contributed by atoms with E-state index in [1.54, 1.807) is 0 Å². The molecule has 2 aromatic carbocycles. The maximum atomic E-state index is 6.06. The van der Waals surface area contributed by atoms with Crippen LogP contribution < -0.4 is 10.5 Å². The van der Waals surface area contributed by atoms with Crippen LogP contribution in [0.25, 0.3) is 0 Å². The Morgan fingerprint density at radius 1 is 1.08 bits per heavy atom. The van der Waals surface area contributed by atoms with Gasteiger partial charge in [0.1, 0.15) is 12.4 Å². The number of rotatable bonds is 6. The third-order valence-corrected chi connectivity index (χ3v) is 5.16. The summed E-state index contributed by atoms with van der Waals surface area (Å²) in [6, 6.07) is 19.5. The smallest absolute Gasteiger partial charge is 0.119 e. The van der Waals surface area contributed by atoms with Gasteiger partial charge in [0.05, 0.1) is 0 Å². The first kappa shape index (κ1) is 17.0. The molecule has 3 heteroatoms. The summed E-state index contributed by atoms with van der Waals surface area (Å²) in [7, 11) is 0. The van der Waals surface area contributed by atoms with E-state index in [0.29, 0.717) is 18.6 Å². The van der Waals surface area contributed by atoms with Crippen LogP contribution in [0.5, 0.6) is 5.75 Å². The molecule has 3 nitrogen and oxygen atoms in total. The average molecular weight is 324 g/mol. The Balaban J connectivity index is 1.56. The van der Waals surface area contributed by atoms with Gasteiger partial charge in [0.25, 0.3) is 0 Å². The third kappa shape index (κ3) is 4.16. The number of ether oxygens (including phenoxy) is 1. The summed E-state index contributed by atoms with van der Waals surface area (Å²) in [6.45, 7) is 7.25. The summed E-state index contributed by atoms with van der Waals surface area (Å²) >= 11 is 0. The molecule has 2 N–H and O–H groups in total. The Hall–Kier alpha value is -1.84. The highest BCUT2D eigenvalue weighted by molar-refractivity contribution is 5.29. The largest absolute Gasteiger partial charge is 0.489 e. The molecule has 0 radical (unpaired) electrons. The number of benzene rings is 2. The number of likely N-dealkylation sites (tertiary alicyclic amines) is 1. The maximum absolute atomic E-state index is 6.06. The quantitative estimate of drug-likeness (QED) is 0.873. The van der Waals surface area contributed by atoms with Crippen LogP contribution in [0.3, 0.4) is 0 Å². The lowest BCUT2D eigenvalue weighted by Crippen LogP contribution is -2.30. The van der Waals surface area contributed by atoms with Gasteiger partial charge in [0, 0.05) is 18.6 Å². The summed E-state index contributed by atoms with van der Waals surface area (Å²) in [5.74, 6) is 1.55. The van der Waals surface area contributed by atoms with Gasteiger partial charge in [-0.2, -0.15) is 0 Å². The van der Waals surface area contributed by atoms with Crippen molar-refractivity contribution in [1.29, 1.82) is 0 Å². The average Bonchev–Trinajstić information content (AvgIpc) is 3.11. The molecular formula is C21H28N2O. The fraction of sp³-hybridized carbons (Fsp3) is 0.429. The number of nitrogens with two attached hydrogens (primary N) is 1. The van der Waals surface area contributed by atoms with Gasteiger partial charge in [0.15, 0.2) is 0 Å². The molecule has 1 heterocycles. The molecule has 0 amide bonds. The van der Waals surface area contributed by atoms with Gasteiger partial charge in [-0.25, -0.2) is 0 Å². The molecule has 1 saturated heterocycles. The van der Waals surface area contributed by atoms with Gasteiger partial charge in [0.2, 0.25) is 0 Å². The van der Waals surface area contributed by atoms with Crippen molar-refractivity contribution in [3.8, 4) is 5.75 Å². The first-order valence-electron chi connectivity index (χ1n) is 8.90. The Bertz CT molecular complexity index is 624. The molecule has 1 aliphatic rings. The topological polar surface area (TPSA) is 38.5 Å². The lowest BCUT2D eigenvalue weighted by Gasteiger charge is -2.25.